The molecule has 5 aliphatic carbocycles. The maximum atomic E-state index is 15.2. The van der Waals surface area contributed by atoms with E-state index in [0.29, 0.717) is 23.0 Å². The Kier molecular flexibility index (Phi) is 17.7. The third kappa shape index (κ3) is 10.1. The fraction of sp³-hybridized carbons (Fsp3) is 0.615. The fourth-order valence-corrected chi connectivity index (χ4v) is 15.6. The minimum absolute atomic E-state index is 0.0516. The summed E-state index contributed by atoms with van der Waals surface area (Å²) < 4.78 is 25.1. The monoisotopic (exact) mass is 1180 g/mol. The normalized spacial score (nSPS) is 50.6. The maximum absolute atomic E-state index is 15.2. The van der Waals surface area contributed by atoms with E-state index >= 15 is 14.4 Å². The summed E-state index contributed by atoms with van der Waals surface area (Å²) in [4.78, 5) is 72.9. The van der Waals surface area contributed by atoms with Crippen LogP contribution in [0.15, 0.2) is 119 Å². The molecule has 464 valence electrons. The van der Waals surface area contributed by atoms with Crippen LogP contribution < -0.4 is 0 Å². The van der Waals surface area contributed by atoms with Gasteiger partial charge >= 0.3 is 0 Å². The molecule has 20 heteroatoms. The van der Waals surface area contributed by atoms with Crippen LogP contribution in [0.5, 0.6) is 0 Å². The molecule has 24 unspecified atom stereocenters. The Morgan fingerprint density at radius 1 is 0.482 bits per heavy atom. The topological polar surface area (TPSA) is 345 Å². The largest absolute Gasteiger partial charge is 0.392 e. The Bertz CT molecular complexity index is 3040. The van der Waals surface area contributed by atoms with Crippen molar-refractivity contribution in [2.45, 2.75) is 160 Å². The summed E-state index contributed by atoms with van der Waals surface area (Å²) in [7, 11) is 0. The Hall–Kier alpha value is -4.85. The van der Waals surface area contributed by atoms with Crippen molar-refractivity contribution in [2.24, 2.45) is 69.5 Å². The molecule has 0 aromatic rings. The average Bonchev–Trinajstić information content (AvgIpc) is 1.67. The second-order valence-electron chi connectivity index (χ2n) is 26.3. The lowest BCUT2D eigenvalue weighted by atomic mass is 9.59. The quantitative estimate of drug-likeness (QED) is 0.142. The molecule has 9 rings (SSSR count). The highest BCUT2D eigenvalue weighted by molar-refractivity contribution is 5.97. The lowest BCUT2D eigenvalue weighted by Crippen LogP contribution is -2.55. The predicted octanol–water partition coefficient (Wildman–Crippen LogP) is 2.33. The van der Waals surface area contributed by atoms with E-state index in [-0.39, 0.29) is 49.0 Å². The summed E-state index contributed by atoms with van der Waals surface area (Å²) in [5.74, 6) is -12.4. The fourth-order valence-electron chi connectivity index (χ4n) is 15.6. The minimum Gasteiger partial charge on any atom is -0.392 e. The molecule has 24 atom stereocenters. The summed E-state index contributed by atoms with van der Waals surface area (Å²) >= 11 is 0. The Morgan fingerprint density at radius 3 is 1.34 bits per heavy atom. The number of allylic oxidation sites excluding steroid dienone is 5. The Morgan fingerprint density at radius 2 is 0.871 bits per heavy atom. The van der Waals surface area contributed by atoms with Crippen LogP contribution in [0.1, 0.15) is 88.0 Å². The molecule has 4 saturated heterocycles. The van der Waals surface area contributed by atoms with Gasteiger partial charge in [0.1, 0.15) is 52.4 Å². The SMILES string of the molecule is C/C1=C\C=C\C2(C)C=C(CO)C(C)CC23OC(O)C(C3=O)C(O)/C=C/C2(C)C=C(CO)C(C)CC23OC(O)C(C3=O)C(O)/C(C)=C/C=C/C2C=C(CO)C(C)CC23OC(O)C(C3=O)C(O)/C=C/C2(C)C=C(C=O)C(C)CC23OC(O)C(C3=O)C1O. The van der Waals surface area contributed by atoms with Crippen molar-refractivity contribution in [1.82, 2.24) is 0 Å². The number of ketones is 4. The van der Waals surface area contributed by atoms with E-state index in [1.54, 1.807) is 71.9 Å². The van der Waals surface area contributed by atoms with Gasteiger partial charge in [-0.2, -0.15) is 0 Å². The number of carbonyl (C=O) groups is 5. The van der Waals surface area contributed by atoms with Gasteiger partial charge in [-0.1, -0.05) is 113 Å². The number of Topliss-reactive ketones (excluding diaryl/α,β-unsaturated/α-hetero) is 4. The molecule has 4 heterocycles. The zero-order chi connectivity index (χ0) is 62.5. The van der Waals surface area contributed by atoms with Crippen molar-refractivity contribution in [1.29, 1.82) is 0 Å². The lowest BCUT2D eigenvalue weighted by Gasteiger charge is -2.47. The average molecular weight is 1190 g/mol. The highest BCUT2D eigenvalue weighted by Gasteiger charge is 2.69. The molecule has 0 saturated carbocycles. The van der Waals surface area contributed by atoms with Crippen molar-refractivity contribution >= 4 is 29.4 Å². The van der Waals surface area contributed by atoms with E-state index in [9.17, 15) is 65.8 Å². The van der Waals surface area contributed by atoms with Gasteiger partial charge in [0.15, 0.2) is 48.3 Å². The van der Waals surface area contributed by atoms with E-state index in [4.69, 9.17) is 18.9 Å². The zero-order valence-electron chi connectivity index (χ0n) is 49.5. The number of fused-ring (bicyclic) bond motifs is 4. The molecule has 85 heavy (non-hydrogen) atoms. The van der Waals surface area contributed by atoms with Gasteiger partial charge in [0.2, 0.25) is 0 Å². The minimum atomic E-state index is -1.98. The summed E-state index contributed by atoms with van der Waals surface area (Å²) in [5.41, 5.74) is -10.2. The molecule has 0 radical (unpaired) electrons. The van der Waals surface area contributed by atoms with Crippen LogP contribution in [0.25, 0.3) is 0 Å². The molecule has 0 amide bonds. The molecule has 9 aliphatic rings. The van der Waals surface area contributed by atoms with Gasteiger partial charge < -0.3 is 75.1 Å². The standard InChI is InChI=1S/C65H84O20/c1-32-12-10-14-42-20-38(28-66)34(3)21-62(42)51(74)45(55(78)82-62)43(70)15-18-60(8)26-40(30-68)37(6)24-65(60)54(77)48(58(81)85-65)50(73)33(2)13-11-17-59(7)25-39(29-67)35(4)22-63(59)52(75)46(56(79)83-63)44(71)16-19-61(9)27-41(31-69)36(5)23-64(61)53(76)47(49(32)72)57(80)84-64/h10-20,25-27,30,34-37,42-50,55-58,66-67,69-73,78-81H,21-24,28-29,31H2,1-9H3/b14-10+,17-11+,18-15+,19-16+,32-12+,33-13+. The first-order valence-corrected chi connectivity index (χ1v) is 29.4. The summed E-state index contributed by atoms with van der Waals surface area (Å²) in [6.07, 6.45) is 6.14. The number of carbonyl (C=O) groups excluding carboxylic acids is 5. The van der Waals surface area contributed by atoms with Crippen LogP contribution in [-0.4, -0.2) is 177 Å². The van der Waals surface area contributed by atoms with Crippen molar-refractivity contribution in [2.75, 3.05) is 19.8 Å². The van der Waals surface area contributed by atoms with Gasteiger partial charge in [-0.3, -0.25) is 24.0 Å². The third-order valence-electron chi connectivity index (χ3n) is 21.0. The molecule has 11 N–H and O–H groups in total. The molecule has 4 spiro atoms. The van der Waals surface area contributed by atoms with E-state index in [2.05, 4.69) is 0 Å². The van der Waals surface area contributed by atoms with Gasteiger partial charge in [-0.25, -0.2) is 0 Å². The van der Waals surface area contributed by atoms with Crippen LogP contribution in [0.3, 0.4) is 0 Å². The van der Waals surface area contributed by atoms with E-state index in [0.717, 1.165) is 0 Å². The van der Waals surface area contributed by atoms with Gasteiger partial charge in [0.25, 0.3) is 0 Å². The van der Waals surface area contributed by atoms with Gasteiger partial charge in [-0.15, -0.1) is 0 Å². The highest BCUT2D eigenvalue weighted by atomic mass is 16.6. The first-order valence-electron chi connectivity index (χ1n) is 29.4. The van der Waals surface area contributed by atoms with Crippen LogP contribution >= 0.6 is 0 Å². The van der Waals surface area contributed by atoms with Crippen LogP contribution in [0.4, 0.5) is 0 Å². The maximum Gasteiger partial charge on any atom is 0.177 e. The van der Waals surface area contributed by atoms with E-state index in [1.165, 1.54) is 75.5 Å². The van der Waals surface area contributed by atoms with Gasteiger partial charge in [0, 0.05) is 22.2 Å². The van der Waals surface area contributed by atoms with Gasteiger partial charge in [0.05, 0.1) is 44.2 Å². The number of aliphatic hydroxyl groups is 11. The smallest absolute Gasteiger partial charge is 0.177 e. The van der Waals surface area contributed by atoms with Crippen LogP contribution in [-0.2, 0) is 42.9 Å². The summed E-state index contributed by atoms with van der Waals surface area (Å²) in [5, 5.41) is 126. The number of hydrogen-bond donors (Lipinski definition) is 11. The van der Waals surface area contributed by atoms with Crippen molar-refractivity contribution < 1.29 is 99.1 Å². The number of rotatable bonds is 4. The Balaban J connectivity index is 1.17. The number of ether oxygens (including phenoxy) is 4. The predicted molar refractivity (Wildman–Crippen MR) is 304 cm³/mol. The molecule has 8 bridgehead atoms. The number of aldehydes is 1. The number of aliphatic hydroxyl groups excluding tert-OH is 11. The second-order valence-corrected chi connectivity index (χ2v) is 26.3. The number of hydrogen-bond acceptors (Lipinski definition) is 20. The molecular weight excluding hydrogens is 1100 g/mol. The van der Waals surface area contributed by atoms with Crippen LogP contribution in [0, 0.1) is 69.5 Å². The summed E-state index contributed by atoms with van der Waals surface area (Å²) in [6.45, 7) is 13.5. The highest BCUT2D eigenvalue weighted by Crippen LogP contribution is 2.58. The Labute approximate surface area is 494 Å². The molecular formula is C65H84O20. The first-order chi connectivity index (χ1) is 39.8. The molecule has 4 fully saturated rings. The van der Waals surface area contributed by atoms with E-state index in [1.807, 2.05) is 0 Å². The van der Waals surface area contributed by atoms with Crippen molar-refractivity contribution in [3.63, 3.8) is 0 Å². The van der Waals surface area contributed by atoms with E-state index < -0.39 is 178 Å². The van der Waals surface area contributed by atoms with Gasteiger partial charge in [-0.05, 0) is 117 Å². The zero-order valence-corrected chi connectivity index (χ0v) is 49.5. The van der Waals surface area contributed by atoms with Crippen molar-refractivity contribution in [3.8, 4) is 0 Å². The lowest BCUT2D eigenvalue weighted by molar-refractivity contribution is -0.186. The van der Waals surface area contributed by atoms with Crippen molar-refractivity contribution in [3.05, 3.63) is 119 Å². The molecule has 20 nitrogen and oxygen atoms in total. The third-order valence-corrected chi connectivity index (χ3v) is 21.0. The molecule has 4 aliphatic heterocycles. The molecule has 0 aromatic heterocycles. The van der Waals surface area contributed by atoms with Crippen LogP contribution in [0.2, 0.25) is 0 Å². The summed E-state index contributed by atoms with van der Waals surface area (Å²) in [6, 6.07) is 0. The molecule has 0 aromatic carbocycles. The first kappa shape index (κ1) is 64.6. The second kappa shape index (κ2) is 23.3.